The van der Waals surface area contributed by atoms with Gasteiger partial charge in [-0.25, -0.2) is 23.2 Å². The number of carbonyl (C=O) groups excluding carboxylic acids is 1. The molecule has 1 aromatic carbocycles. The normalized spacial score (nSPS) is 27.6. The number of amides is 2. The quantitative estimate of drug-likeness (QED) is 0.696. The smallest absolute Gasteiger partial charge is 0.341 e. The van der Waals surface area contributed by atoms with E-state index in [0.717, 1.165) is 34.3 Å². The first-order valence-electron chi connectivity index (χ1n) is 8.64. The van der Waals surface area contributed by atoms with Crippen LogP contribution in [0.2, 0.25) is 5.02 Å². The second-order valence-corrected chi connectivity index (χ2v) is 11.3. The van der Waals surface area contributed by atoms with Gasteiger partial charge in [-0.05, 0) is 44.0 Å². The summed E-state index contributed by atoms with van der Waals surface area (Å²) in [6, 6.07) is 5.15. The number of fused-ring (bicyclic) bond motifs is 2. The van der Waals surface area contributed by atoms with Gasteiger partial charge in [0.1, 0.15) is 5.01 Å². The van der Waals surface area contributed by atoms with Gasteiger partial charge >= 0.3 is 6.03 Å². The summed E-state index contributed by atoms with van der Waals surface area (Å²) >= 11 is 7.65. The second kappa shape index (κ2) is 6.27. The Labute approximate surface area is 171 Å². The summed E-state index contributed by atoms with van der Waals surface area (Å²) in [7, 11) is -3.29. The lowest BCUT2D eigenvalue weighted by Crippen LogP contribution is -2.28. The molecular formula is C18H19ClN4O3S2. The van der Waals surface area contributed by atoms with Crippen LogP contribution in [-0.4, -0.2) is 42.7 Å². The van der Waals surface area contributed by atoms with Crippen molar-refractivity contribution in [2.45, 2.75) is 36.0 Å². The molecule has 28 heavy (non-hydrogen) atoms. The topological polar surface area (TPSA) is 115 Å². The first-order valence-corrected chi connectivity index (χ1v) is 11.8. The van der Waals surface area contributed by atoms with E-state index in [2.05, 4.69) is 10.3 Å². The molecule has 0 spiro atoms. The minimum atomic E-state index is -3.29. The fraction of sp³-hybridized carbons (Fsp3) is 0.389. The number of hydrogen-bond donors (Lipinski definition) is 2. The molecular weight excluding hydrogens is 420 g/mol. The Morgan fingerprint density at radius 3 is 2.86 bits per heavy atom. The van der Waals surface area contributed by atoms with Crippen molar-refractivity contribution < 1.29 is 13.2 Å². The first kappa shape index (κ1) is 19.4. The average Bonchev–Trinajstić information content (AvgIpc) is 3.32. The number of rotatable bonds is 5. The van der Waals surface area contributed by atoms with E-state index in [4.69, 9.17) is 22.3 Å². The molecule has 148 valence electrons. The number of aliphatic imine (C=N–C) groups is 1. The lowest BCUT2D eigenvalue weighted by atomic mass is 10.2. The van der Waals surface area contributed by atoms with Crippen molar-refractivity contribution in [3.05, 3.63) is 40.0 Å². The highest BCUT2D eigenvalue weighted by Crippen LogP contribution is 2.79. The number of allylic oxidation sites excluding steroid dienone is 1. The molecule has 1 aromatic heterocycles. The van der Waals surface area contributed by atoms with Crippen molar-refractivity contribution in [1.29, 1.82) is 0 Å². The van der Waals surface area contributed by atoms with E-state index in [1.165, 1.54) is 19.2 Å². The number of carbonyl (C=O) groups is 1. The predicted octanol–water partition coefficient (Wildman–Crippen LogP) is 2.79. The minimum absolute atomic E-state index is 0.0893. The van der Waals surface area contributed by atoms with E-state index in [1.807, 2.05) is 18.2 Å². The molecule has 4 rings (SSSR count). The fourth-order valence-corrected chi connectivity index (χ4v) is 5.47. The van der Waals surface area contributed by atoms with Crippen LogP contribution < -0.4 is 11.1 Å². The van der Waals surface area contributed by atoms with Gasteiger partial charge < -0.3 is 11.1 Å². The van der Waals surface area contributed by atoms with Gasteiger partial charge in [-0.3, -0.25) is 0 Å². The molecule has 0 bridgehead atoms. The van der Waals surface area contributed by atoms with Gasteiger partial charge in [0, 0.05) is 28.6 Å². The number of hydrogen-bond acceptors (Lipinski definition) is 6. The van der Waals surface area contributed by atoms with Gasteiger partial charge in [-0.1, -0.05) is 11.6 Å². The molecule has 2 amide bonds. The zero-order valence-corrected chi connectivity index (χ0v) is 17.7. The molecule has 7 nitrogen and oxygen atoms in total. The van der Waals surface area contributed by atoms with Crippen LogP contribution in [-0.2, 0) is 15.3 Å². The maximum absolute atomic E-state index is 12.1. The summed E-state index contributed by atoms with van der Waals surface area (Å²) < 4.78 is 24.0. The molecule has 3 N–H and O–H groups in total. The van der Waals surface area contributed by atoms with Crippen molar-refractivity contribution in [2.75, 3.05) is 6.26 Å². The van der Waals surface area contributed by atoms with E-state index in [-0.39, 0.29) is 16.7 Å². The molecule has 0 aliphatic heterocycles. The minimum Gasteiger partial charge on any atom is -0.401 e. The second-order valence-electron chi connectivity index (χ2n) is 7.50. The van der Waals surface area contributed by atoms with E-state index < -0.39 is 21.1 Å². The van der Waals surface area contributed by atoms with Gasteiger partial charge in [0.25, 0.3) is 0 Å². The van der Waals surface area contributed by atoms with E-state index in [0.29, 0.717) is 5.02 Å². The maximum Gasteiger partial charge on any atom is 0.341 e. The lowest BCUT2D eigenvalue weighted by Gasteiger charge is -2.08. The standard InChI is InChI=1S/C18H19ClN4O3S2/c1-10(28(2,25)26)12(20)5-6-21-16(24)23-18-8-17(18,9-18)15-22-13-4-3-11(19)7-14(13)27-15/h3-7,10H,8-9,20H2,1-2H3,(H,23,24)/b12-5-,21-6+. The molecule has 0 saturated heterocycles. The molecule has 2 saturated carbocycles. The molecule has 2 aliphatic carbocycles. The third kappa shape index (κ3) is 3.21. The molecule has 1 atom stereocenters. The summed E-state index contributed by atoms with van der Waals surface area (Å²) in [4.78, 5) is 20.6. The molecule has 2 fully saturated rings. The van der Waals surface area contributed by atoms with Crippen LogP contribution in [0.25, 0.3) is 10.2 Å². The van der Waals surface area contributed by atoms with Crippen molar-refractivity contribution in [2.24, 2.45) is 10.7 Å². The Bertz CT molecular complexity index is 1150. The van der Waals surface area contributed by atoms with Gasteiger partial charge in [-0.2, -0.15) is 0 Å². The summed E-state index contributed by atoms with van der Waals surface area (Å²) in [6.07, 6.45) is 5.37. The number of thiazole rings is 1. The van der Waals surface area contributed by atoms with E-state index in [9.17, 15) is 13.2 Å². The predicted molar refractivity (Wildman–Crippen MR) is 112 cm³/mol. The summed E-state index contributed by atoms with van der Waals surface area (Å²) in [6.45, 7) is 1.49. The molecule has 1 unspecified atom stereocenters. The largest absolute Gasteiger partial charge is 0.401 e. The number of aromatic nitrogens is 1. The van der Waals surface area contributed by atoms with E-state index >= 15 is 0 Å². The molecule has 1 heterocycles. The molecule has 10 heteroatoms. The Morgan fingerprint density at radius 2 is 2.18 bits per heavy atom. The third-order valence-corrected chi connectivity index (χ3v) is 8.56. The van der Waals surface area contributed by atoms with Crippen LogP contribution in [0, 0.1) is 0 Å². The number of sulfone groups is 1. The van der Waals surface area contributed by atoms with E-state index in [1.54, 1.807) is 11.3 Å². The summed E-state index contributed by atoms with van der Waals surface area (Å²) in [5.74, 6) is 0. The molecule has 2 aromatic rings. The monoisotopic (exact) mass is 438 g/mol. The van der Waals surface area contributed by atoms with Crippen molar-refractivity contribution in [3.8, 4) is 0 Å². The first-order chi connectivity index (χ1) is 13.1. The Balaban J connectivity index is 1.40. The Kier molecular flexibility index (Phi) is 4.33. The average molecular weight is 439 g/mol. The zero-order chi connectivity index (χ0) is 20.3. The van der Waals surface area contributed by atoms with Crippen LogP contribution in [0.1, 0.15) is 24.8 Å². The molecule has 0 radical (unpaired) electrons. The zero-order valence-electron chi connectivity index (χ0n) is 15.3. The van der Waals surface area contributed by atoms with Crippen molar-refractivity contribution in [3.63, 3.8) is 0 Å². The van der Waals surface area contributed by atoms with Crippen molar-refractivity contribution >= 4 is 55.2 Å². The fourth-order valence-electron chi connectivity index (χ4n) is 3.37. The lowest BCUT2D eigenvalue weighted by molar-refractivity contribution is 0.247. The number of urea groups is 1. The van der Waals surface area contributed by atoms with Crippen LogP contribution in [0.3, 0.4) is 0 Å². The van der Waals surface area contributed by atoms with Crippen molar-refractivity contribution in [1.82, 2.24) is 10.3 Å². The maximum atomic E-state index is 12.1. The number of nitrogens with one attached hydrogen (secondary N) is 1. The van der Waals surface area contributed by atoms with Gasteiger partial charge in [0.2, 0.25) is 0 Å². The Hall–Kier alpha value is -1.97. The van der Waals surface area contributed by atoms with Crippen LogP contribution >= 0.6 is 22.9 Å². The van der Waals surface area contributed by atoms with Crippen LogP contribution in [0.5, 0.6) is 0 Å². The van der Waals surface area contributed by atoms with Gasteiger partial charge in [0.05, 0.1) is 21.0 Å². The highest BCUT2D eigenvalue weighted by molar-refractivity contribution is 7.91. The SMILES string of the molecule is CC(/C(N)=C/C=N/C(=O)NC12CC1(c1nc3ccc(Cl)cc3s1)C2)S(C)(=O)=O. The number of benzene rings is 1. The summed E-state index contributed by atoms with van der Waals surface area (Å²) in [5, 5.41) is 3.81. The number of nitrogens with zero attached hydrogens (tertiary/aromatic N) is 2. The number of halogens is 1. The highest BCUT2D eigenvalue weighted by atomic mass is 35.5. The summed E-state index contributed by atoms with van der Waals surface area (Å²) in [5.41, 5.74) is 6.42. The highest BCUT2D eigenvalue weighted by Gasteiger charge is 2.86. The van der Waals surface area contributed by atoms with Crippen LogP contribution in [0.4, 0.5) is 4.79 Å². The Morgan fingerprint density at radius 1 is 1.46 bits per heavy atom. The number of nitrogens with two attached hydrogens (primary N) is 1. The molecule has 2 aliphatic rings. The van der Waals surface area contributed by atoms with Gasteiger partial charge in [-0.15, -0.1) is 11.3 Å². The third-order valence-electron chi connectivity index (χ3n) is 5.55. The van der Waals surface area contributed by atoms with Crippen LogP contribution in [0.15, 0.2) is 35.0 Å². The van der Waals surface area contributed by atoms with Gasteiger partial charge in [0.15, 0.2) is 9.84 Å².